The Bertz CT molecular complexity index is 1170. The monoisotopic (exact) mass is 353 g/mol. The third-order valence-electron chi connectivity index (χ3n) is 4.16. The molecule has 2 heterocycles. The minimum absolute atomic E-state index is 0.260. The van der Waals surface area contributed by atoms with E-state index in [2.05, 4.69) is 9.97 Å². The summed E-state index contributed by atoms with van der Waals surface area (Å²) in [5.74, 6) is -0.260. The summed E-state index contributed by atoms with van der Waals surface area (Å²) in [5, 5.41) is 1.95. The summed E-state index contributed by atoms with van der Waals surface area (Å²) in [6, 6.07) is 14.2. The normalized spacial score (nSPS) is 11.8. The van der Waals surface area contributed by atoms with Gasteiger partial charge in [0.1, 0.15) is 0 Å². The van der Waals surface area contributed by atoms with Crippen LogP contribution >= 0.6 is 0 Å². The van der Waals surface area contributed by atoms with E-state index >= 15 is 0 Å². The van der Waals surface area contributed by atoms with Crippen LogP contribution in [-0.4, -0.2) is 24.8 Å². The van der Waals surface area contributed by atoms with Gasteiger partial charge < -0.3 is 9.97 Å². The van der Waals surface area contributed by atoms with Crippen LogP contribution in [0.4, 0.5) is 5.69 Å². The molecule has 0 aliphatic heterocycles. The zero-order valence-corrected chi connectivity index (χ0v) is 14.0. The fourth-order valence-electron chi connectivity index (χ4n) is 2.92. The summed E-state index contributed by atoms with van der Waals surface area (Å²) in [4.78, 5) is 17.6. The molecule has 1 amide bonds. The molecule has 0 radical (unpaired) electrons. The number of hydrogen-bond donors (Lipinski definition) is 2. The molecule has 0 saturated carbocycles. The maximum absolute atomic E-state index is 12.8. The molecule has 0 aliphatic rings. The molecule has 7 heteroatoms. The number of hydrogen-bond acceptors (Lipinski definition) is 3. The number of amides is 1. The van der Waals surface area contributed by atoms with Gasteiger partial charge in [0, 0.05) is 23.4 Å². The van der Waals surface area contributed by atoms with Crippen molar-refractivity contribution in [3.8, 4) is 0 Å². The molecule has 0 aliphatic carbocycles. The lowest BCUT2D eigenvalue weighted by molar-refractivity contribution is -0.106. The first-order chi connectivity index (χ1) is 12.1. The van der Waals surface area contributed by atoms with Crippen molar-refractivity contribution in [3.63, 3.8) is 0 Å². The number of nitrogens with one attached hydrogen (secondary N) is 2. The standard InChI is InChI=1S/C18H15N3O3S/c22-12-21(16-4-3-15-6-8-20-18(15)10-16)25(23,24)11-13-1-2-14-5-7-19-17(14)9-13/h1-10,12,19-20H,11H2. The van der Waals surface area contributed by atoms with Gasteiger partial charge in [0.15, 0.2) is 0 Å². The van der Waals surface area contributed by atoms with E-state index in [0.29, 0.717) is 17.7 Å². The number of aromatic amines is 2. The van der Waals surface area contributed by atoms with Crippen molar-refractivity contribution >= 4 is 43.9 Å². The second kappa shape index (κ2) is 5.78. The lowest BCUT2D eigenvalue weighted by atomic mass is 10.2. The van der Waals surface area contributed by atoms with Crippen LogP contribution in [-0.2, 0) is 20.6 Å². The molecule has 0 spiro atoms. The van der Waals surface area contributed by atoms with Gasteiger partial charge >= 0.3 is 0 Å². The van der Waals surface area contributed by atoms with Gasteiger partial charge in [0.25, 0.3) is 0 Å². The average molecular weight is 353 g/mol. The first-order valence-corrected chi connectivity index (χ1v) is 9.28. The Hall–Kier alpha value is -3.06. The summed E-state index contributed by atoms with van der Waals surface area (Å²) >= 11 is 0. The summed E-state index contributed by atoms with van der Waals surface area (Å²) < 4.78 is 26.3. The zero-order chi connectivity index (χ0) is 17.4. The molecular weight excluding hydrogens is 338 g/mol. The number of aromatic nitrogens is 2. The van der Waals surface area contributed by atoms with Gasteiger partial charge in [-0.2, -0.15) is 0 Å². The third kappa shape index (κ3) is 2.78. The highest BCUT2D eigenvalue weighted by Gasteiger charge is 2.23. The number of carbonyl (C=O) groups is 1. The van der Waals surface area contributed by atoms with Gasteiger partial charge in [-0.3, -0.25) is 4.79 Å². The van der Waals surface area contributed by atoms with Crippen molar-refractivity contribution in [1.82, 2.24) is 9.97 Å². The van der Waals surface area contributed by atoms with Crippen molar-refractivity contribution < 1.29 is 13.2 Å². The Morgan fingerprint density at radius 3 is 2.20 bits per heavy atom. The second-order valence-corrected chi connectivity index (χ2v) is 7.65. The van der Waals surface area contributed by atoms with Crippen LogP contribution in [0.15, 0.2) is 60.9 Å². The van der Waals surface area contributed by atoms with E-state index in [1.807, 2.05) is 18.2 Å². The third-order valence-corrected chi connectivity index (χ3v) is 5.75. The fourth-order valence-corrected chi connectivity index (χ4v) is 4.23. The molecule has 2 N–H and O–H groups in total. The predicted molar refractivity (Wildman–Crippen MR) is 97.8 cm³/mol. The van der Waals surface area contributed by atoms with Crippen molar-refractivity contribution in [1.29, 1.82) is 0 Å². The van der Waals surface area contributed by atoms with Gasteiger partial charge in [-0.1, -0.05) is 18.2 Å². The first-order valence-electron chi connectivity index (χ1n) is 7.67. The maximum Gasteiger partial charge on any atom is 0.245 e. The Balaban J connectivity index is 1.69. The minimum atomic E-state index is -3.84. The Labute approximate surface area is 144 Å². The van der Waals surface area contributed by atoms with E-state index < -0.39 is 10.0 Å². The smallest absolute Gasteiger partial charge is 0.245 e. The second-order valence-electron chi connectivity index (χ2n) is 5.81. The fraction of sp³-hybridized carbons (Fsp3) is 0.0556. The average Bonchev–Trinajstić information content (AvgIpc) is 3.22. The van der Waals surface area contributed by atoms with Crippen LogP contribution in [0.2, 0.25) is 0 Å². The SMILES string of the molecule is O=CN(c1ccc2cc[nH]c2c1)S(=O)(=O)Cc1ccc2cc[nH]c2c1. The van der Waals surface area contributed by atoms with E-state index in [-0.39, 0.29) is 5.75 Å². The highest BCUT2D eigenvalue weighted by molar-refractivity contribution is 7.92. The van der Waals surface area contributed by atoms with Crippen molar-refractivity contribution in [3.05, 3.63) is 66.5 Å². The van der Waals surface area contributed by atoms with Crippen LogP contribution in [0.25, 0.3) is 21.8 Å². The van der Waals surface area contributed by atoms with E-state index in [0.717, 1.165) is 26.1 Å². The largest absolute Gasteiger partial charge is 0.361 e. The molecule has 2 aromatic heterocycles. The number of sulfonamides is 1. The summed E-state index contributed by atoms with van der Waals surface area (Å²) in [6.45, 7) is 0. The molecule has 0 unspecified atom stereocenters. The molecule has 25 heavy (non-hydrogen) atoms. The van der Waals surface area contributed by atoms with Crippen LogP contribution in [0.3, 0.4) is 0 Å². The molecule has 6 nitrogen and oxygen atoms in total. The molecule has 0 fully saturated rings. The summed E-state index contributed by atoms with van der Waals surface area (Å²) in [6.07, 6.45) is 3.90. The van der Waals surface area contributed by atoms with E-state index in [9.17, 15) is 13.2 Å². The van der Waals surface area contributed by atoms with Crippen LogP contribution in [0.1, 0.15) is 5.56 Å². The molecule has 126 valence electrons. The van der Waals surface area contributed by atoms with Gasteiger partial charge in [0.2, 0.25) is 16.4 Å². The number of anilines is 1. The lowest BCUT2D eigenvalue weighted by Crippen LogP contribution is -2.30. The minimum Gasteiger partial charge on any atom is -0.361 e. The molecule has 4 aromatic rings. The molecule has 0 bridgehead atoms. The van der Waals surface area contributed by atoms with Crippen LogP contribution in [0.5, 0.6) is 0 Å². The number of benzene rings is 2. The van der Waals surface area contributed by atoms with Crippen LogP contribution in [0, 0.1) is 0 Å². The number of rotatable bonds is 5. The molecule has 2 aromatic carbocycles. The highest BCUT2D eigenvalue weighted by atomic mass is 32.2. The highest BCUT2D eigenvalue weighted by Crippen LogP contribution is 2.24. The van der Waals surface area contributed by atoms with E-state index in [4.69, 9.17) is 0 Å². The number of nitrogens with zero attached hydrogens (tertiary/aromatic N) is 1. The quantitative estimate of drug-likeness (QED) is 0.541. The van der Waals surface area contributed by atoms with Gasteiger partial charge in [-0.05, 0) is 46.7 Å². The molecule has 0 atom stereocenters. The van der Waals surface area contributed by atoms with Crippen molar-refractivity contribution in [2.75, 3.05) is 4.31 Å². The van der Waals surface area contributed by atoms with E-state index in [1.54, 1.807) is 42.7 Å². The Kier molecular flexibility index (Phi) is 3.58. The number of fused-ring (bicyclic) bond motifs is 2. The molecule has 0 saturated heterocycles. The topological polar surface area (TPSA) is 86.0 Å². The van der Waals surface area contributed by atoms with Gasteiger partial charge in [0.05, 0.1) is 11.4 Å². The van der Waals surface area contributed by atoms with Crippen molar-refractivity contribution in [2.24, 2.45) is 0 Å². The maximum atomic E-state index is 12.8. The molecule has 4 rings (SSSR count). The summed E-state index contributed by atoms with van der Waals surface area (Å²) in [7, 11) is -3.84. The predicted octanol–water partition coefficient (Wildman–Crippen LogP) is 3.14. The van der Waals surface area contributed by atoms with Crippen molar-refractivity contribution in [2.45, 2.75) is 5.75 Å². The molecular formula is C18H15N3O3S. The summed E-state index contributed by atoms with van der Waals surface area (Å²) in [5.41, 5.74) is 2.55. The van der Waals surface area contributed by atoms with Gasteiger partial charge in [-0.25, -0.2) is 12.7 Å². The van der Waals surface area contributed by atoms with Gasteiger partial charge in [-0.15, -0.1) is 0 Å². The lowest BCUT2D eigenvalue weighted by Gasteiger charge is -2.18. The Morgan fingerprint density at radius 1 is 0.880 bits per heavy atom. The Morgan fingerprint density at radius 2 is 1.52 bits per heavy atom. The number of H-pyrrole nitrogens is 2. The first kappa shape index (κ1) is 15.5. The zero-order valence-electron chi connectivity index (χ0n) is 13.1. The number of carbonyl (C=O) groups excluding carboxylic acids is 1. The van der Waals surface area contributed by atoms with Crippen LogP contribution < -0.4 is 4.31 Å². The van der Waals surface area contributed by atoms with E-state index in [1.165, 1.54) is 0 Å².